The number of aromatic hydroxyl groups is 1. The Labute approximate surface area is 118 Å². The van der Waals surface area contributed by atoms with Crippen molar-refractivity contribution in [3.63, 3.8) is 0 Å². The molecule has 0 aliphatic heterocycles. The summed E-state index contributed by atoms with van der Waals surface area (Å²) < 4.78 is 0. The molecule has 0 aromatic heterocycles. The van der Waals surface area contributed by atoms with Gasteiger partial charge < -0.3 is 15.7 Å². The van der Waals surface area contributed by atoms with Crippen molar-refractivity contribution < 1.29 is 5.11 Å². The van der Waals surface area contributed by atoms with Crippen LogP contribution >= 0.6 is 11.8 Å². The van der Waals surface area contributed by atoms with Gasteiger partial charge in [-0.3, -0.25) is 0 Å². The Kier molecular flexibility index (Phi) is 4.35. The fourth-order valence-electron chi connectivity index (χ4n) is 2.08. The van der Waals surface area contributed by atoms with Crippen molar-refractivity contribution in [2.24, 2.45) is 5.73 Å². The number of hydrogen-bond donors (Lipinski definition) is 2. The second-order valence-electron chi connectivity index (χ2n) is 4.24. The number of phenols is 1. The van der Waals surface area contributed by atoms with Crippen LogP contribution < -0.4 is 10.6 Å². The zero-order valence-electron chi connectivity index (χ0n) is 11.1. The molecule has 3 nitrogen and oxygen atoms in total. The third-order valence-electron chi connectivity index (χ3n) is 3.13. The van der Waals surface area contributed by atoms with Crippen LogP contribution in [0.2, 0.25) is 0 Å². The molecule has 0 amide bonds. The first-order chi connectivity index (χ1) is 9.17. The van der Waals surface area contributed by atoms with Gasteiger partial charge in [-0.05, 0) is 42.7 Å². The Balaban J connectivity index is 2.43. The molecule has 0 heterocycles. The van der Waals surface area contributed by atoms with E-state index >= 15 is 0 Å². The molecule has 19 heavy (non-hydrogen) atoms. The van der Waals surface area contributed by atoms with Gasteiger partial charge in [0.05, 0.1) is 0 Å². The van der Waals surface area contributed by atoms with Crippen LogP contribution in [0.5, 0.6) is 5.75 Å². The SMILES string of the molecule is CSc1cccc(N(C)c2ccc(O)cc2)c1CN. The summed E-state index contributed by atoms with van der Waals surface area (Å²) in [5.74, 6) is 0.272. The predicted octanol–water partition coefficient (Wildman–Crippen LogP) is 3.34. The molecule has 0 aliphatic carbocycles. The molecule has 0 aliphatic rings. The van der Waals surface area contributed by atoms with Gasteiger partial charge in [0.2, 0.25) is 0 Å². The van der Waals surface area contributed by atoms with Crippen molar-refractivity contribution in [3.05, 3.63) is 48.0 Å². The number of rotatable bonds is 4. The normalized spacial score (nSPS) is 10.5. The molecule has 4 heteroatoms. The molecule has 0 bridgehead atoms. The van der Waals surface area contributed by atoms with Crippen molar-refractivity contribution in [2.75, 3.05) is 18.2 Å². The van der Waals surface area contributed by atoms with Gasteiger partial charge in [-0.1, -0.05) is 6.07 Å². The van der Waals surface area contributed by atoms with E-state index in [1.54, 1.807) is 23.9 Å². The van der Waals surface area contributed by atoms with E-state index in [9.17, 15) is 5.11 Å². The molecule has 2 aromatic carbocycles. The van der Waals surface area contributed by atoms with Crippen molar-refractivity contribution in [1.29, 1.82) is 0 Å². The molecular formula is C15H18N2OS. The van der Waals surface area contributed by atoms with Crippen molar-refractivity contribution in [3.8, 4) is 5.75 Å². The van der Waals surface area contributed by atoms with Crippen molar-refractivity contribution in [2.45, 2.75) is 11.4 Å². The average Bonchev–Trinajstić information content (AvgIpc) is 2.46. The lowest BCUT2D eigenvalue weighted by Crippen LogP contribution is -2.14. The van der Waals surface area contributed by atoms with Crippen LogP contribution in [0, 0.1) is 0 Å². The number of hydrogen-bond acceptors (Lipinski definition) is 4. The number of nitrogens with zero attached hydrogens (tertiary/aromatic N) is 1. The summed E-state index contributed by atoms with van der Waals surface area (Å²) in [6.45, 7) is 0.509. The van der Waals surface area contributed by atoms with Gasteiger partial charge in [-0.2, -0.15) is 0 Å². The highest BCUT2D eigenvalue weighted by Crippen LogP contribution is 2.33. The number of benzene rings is 2. The van der Waals surface area contributed by atoms with Gasteiger partial charge in [-0.25, -0.2) is 0 Å². The Hall–Kier alpha value is -1.65. The van der Waals surface area contributed by atoms with Crippen molar-refractivity contribution >= 4 is 23.1 Å². The minimum absolute atomic E-state index is 0.272. The summed E-state index contributed by atoms with van der Waals surface area (Å²) in [4.78, 5) is 3.28. The van der Waals surface area contributed by atoms with Crippen LogP contribution in [0.25, 0.3) is 0 Å². The van der Waals surface area contributed by atoms with E-state index in [0.29, 0.717) is 6.54 Å². The largest absolute Gasteiger partial charge is 0.508 e. The number of nitrogens with two attached hydrogens (primary N) is 1. The Morgan fingerprint density at radius 3 is 2.42 bits per heavy atom. The highest BCUT2D eigenvalue weighted by atomic mass is 32.2. The van der Waals surface area contributed by atoms with Crippen LogP contribution in [-0.2, 0) is 6.54 Å². The maximum atomic E-state index is 9.35. The molecule has 0 atom stereocenters. The fourth-order valence-corrected chi connectivity index (χ4v) is 2.73. The molecule has 0 spiro atoms. The summed E-state index contributed by atoms with van der Waals surface area (Å²) in [7, 11) is 2.00. The van der Waals surface area contributed by atoms with E-state index in [-0.39, 0.29) is 5.75 Å². The van der Waals surface area contributed by atoms with E-state index in [4.69, 9.17) is 5.73 Å². The zero-order chi connectivity index (χ0) is 13.8. The molecule has 2 aromatic rings. The Bertz CT molecular complexity index is 555. The summed E-state index contributed by atoms with van der Waals surface area (Å²) in [6, 6.07) is 13.3. The van der Waals surface area contributed by atoms with E-state index in [2.05, 4.69) is 23.3 Å². The highest BCUT2D eigenvalue weighted by Gasteiger charge is 2.11. The third kappa shape index (κ3) is 2.85. The molecule has 0 unspecified atom stereocenters. The van der Waals surface area contributed by atoms with Gasteiger partial charge in [-0.15, -0.1) is 11.8 Å². The first kappa shape index (κ1) is 13.8. The molecule has 100 valence electrons. The second kappa shape index (κ2) is 5.99. The van der Waals surface area contributed by atoms with E-state index in [0.717, 1.165) is 16.9 Å². The summed E-state index contributed by atoms with van der Waals surface area (Å²) in [5.41, 5.74) is 9.15. The summed E-state index contributed by atoms with van der Waals surface area (Å²) in [5, 5.41) is 9.35. The monoisotopic (exact) mass is 274 g/mol. The predicted molar refractivity (Wildman–Crippen MR) is 82.3 cm³/mol. The maximum absolute atomic E-state index is 9.35. The lowest BCUT2D eigenvalue weighted by molar-refractivity contribution is 0.475. The number of phenolic OH excluding ortho intramolecular Hbond substituents is 1. The third-order valence-corrected chi connectivity index (χ3v) is 3.95. The van der Waals surface area contributed by atoms with E-state index < -0.39 is 0 Å². The Morgan fingerprint density at radius 2 is 1.84 bits per heavy atom. The van der Waals surface area contributed by atoms with Crippen LogP contribution in [0.15, 0.2) is 47.4 Å². The Morgan fingerprint density at radius 1 is 1.16 bits per heavy atom. The van der Waals surface area contributed by atoms with Crippen LogP contribution in [0.4, 0.5) is 11.4 Å². The molecular weight excluding hydrogens is 256 g/mol. The number of thioether (sulfide) groups is 1. The van der Waals surface area contributed by atoms with Crippen LogP contribution in [-0.4, -0.2) is 18.4 Å². The minimum atomic E-state index is 0.272. The fraction of sp³-hybridized carbons (Fsp3) is 0.200. The first-order valence-corrected chi connectivity index (χ1v) is 7.28. The summed E-state index contributed by atoms with van der Waals surface area (Å²) >= 11 is 1.70. The lowest BCUT2D eigenvalue weighted by Gasteiger charge is -2.23. The van der Waals surface area contributed by atoms with Crippen LogP contribution in [0.3, 0.4) is 0 Å². The smallest absolute Gasteiger partial charge is 0.115 e. The standard InChI is InChI=1S/C15H18N2OS/c1-17(11-6-8-12(18)9-7-11)14-4-3-5-15(19-2)13(14)10-16/h3-9,18H,10,16H2,1-2H3. The molecule has 0 saturated heterocycles. The van der Waals surface area contributed by atoms with Gasteiger partial charge in [0.25, 0.3) is 0 Å². The quantitative estimate of drug-likeness (QED) is 0.840. The highest BCUT2D eigenvalue weighted by molar-refractivity contribution is 7.98. The topological polar surface area (TPSA) is 49.5 Å². The van der Waals surface area contributed by atoms with Crippen molar-refractivity contribution in [1.82, 2.24) is 0 Å². The van der Waals surface area contributed by atoms with Gasteiger partial charge in [0.1, 0.15) is 5.75 Å². The first-order valence-electron chi connectivity index (χ1n) is 6.06. The summed E-state index contributed by atoms with van der Waals surface area (Å²) in [6.07, 6.45) is 2.05. The zero-order valence-corrected chi connectivity index (χ0v) is 11.9. The van der Waals surface area contributed by atoms with Gasteiger partial charge in [0.15, 0.2) is 0 Å². The lowest BCUT2D eigenvalue weighted by atomic mass is 10.1. The molecule has 0 fully saturated rings. The van der Waals surface area contributed by atoms with Gasteiger partial charge >= 0.3 is 0 Å². The number of anilines is 2. The molecule has 0 radical (unpaired) electrons. The van der Waals surface area contributed by atoms with E-state index in [1.165, 1.54) is 4.90 Å². The average molecular weight is 274 g/mol. The van der Waals surface area contributed by atoms with Crippen LogP contribution in [0.1, 0.15) is 5.56 Å². The van der Waals surface area contributed by atoms with Gasteiger partial charge in [0, 0.05) is 35.4 Å². The molecule has 0 saturated carbocycles. The molecule has 3 N–H and O–H groups in total. The minimum Gasteiger partial charge on any atom is -0.508 e. The van der Waals surface area contributed by atoms with E-state index in [1.807, 2.05) is 25.2 Å². The molecule has 2 rings (SSSR count). The second-order valence-corrected chi connectivity index (χ2v) is 5.09. The maximum Gasteiger partial charge on any atom is 0.115 e.